The van der Waals surface area contributed by atoms with Gasteiger partial charge >= 0.3 is 0 Å². The molecule has 0 aliphatic heterocycles. The normalized spacial score (nSPS) is 17.4. The van der Waals surface area contributed by atoms with Gasteiger partial charge in [-0.25, -0.2) is 4.39 Å². The summed E-state index contributed by atoms with van der Waals surface area (Å²) in [6.07, 6.45) is 3.73. The largest absolute Gasteiger partial charge is 0.398 e. The van der Waals surface area contributed by atoms with Crippen molar-refractivity contribution in [3.63, 3.8) is 0 Å². The van der Waals surface area contributed by atoms with Gasteiger partial charge in [0.2, 0.25) is 0 Å². The van der Waals surface area contributed by atoms with Crippen molar-refractivity contribution in [2.24, 2.45) is 0 Å². The minimum absolute atomic E-state index is 0.0479. The number of hydrogen-bond acceptors (Lipinski definition) is 1. The zero-order chi connectivity index (χ0) is 8.29. The van der Waals surface area contributed by atoms with Crippen molar-refractivity contribution in [3.8, 4) is 0 Å². The third-order valence-electron chi connectivity index (χ3n) is 3.16. The Hall–Kier alpha value is -1.05. The summed E-state index contributed by atoms with van der Waals surface area (Å²) < 4.78 is 13.5. The Morgan fingerprint density at radius 2 is 1.25 bits per heavy atom. The molecule has 0 saturated heterocycles. The van der Waals surface area contributed by atoms with Gasteiger partial charge in [0.15, 0.2) is 0 Å². The van der Waals surface area contributed by atoms with E-state index < -0.39 is 0 Å². The van der Waals surface area contributed by atoms with Crippen molar-refractivity contribution in [3.05, 3.63) is 28.1 Å². The van der Waals surface area contributed by atoms with E-state index >= 15 is 0 Å². The molecule has 3 rings (SSSR count). The van der Waals surface area contributed by atoms with E-state index in [1.54, 1.807) is 0 Å². The van der Waals surface area contributed by atoms with E-state index in [-0.39, 0.29) is 5.82 Å². The molecule has 1 aromatic carbocycles. The number of halogens is 1. The lowest BCUT2D eigenvalue weighted by Crippen LogP contribution is -2.24. The smallest absolute Gasteiger partial charge is 0.130 e. The first kappa shape index (κ1) is 6.46. The van der Waals surface area contributed by atoms with Crippen LogP contribution in [0.5, 0.6) is 0 Å². The number of benzene rings is 1. The molecule has 0 unspecified atom stereocenters. The highest BCUT2D eigenvalue weighted by Gasteiger charge is 2.30. The van der Waals surface area contributed by atoms with Crippen LogP contribution in [0.2, 0.25) is 0 Å². The molecule has 2 aliphatic rings. The van der Waals surface area contributed by atoms with Gasteiger partial charge in [0, 0.05) is 5.69 Å². The van der Waals surface area contributed by atoms with Gasteiger partial charge in [-0.1, -0.05) is 0 Å². The monoisotopic (exact) mass is 163 g/mol. The highest BCUT2D eigenvalue weighted by molar-refractivity contribution is 5.66. The van der Waals surface area contributed by atoms with Crippen molar-refractivity contribution in [1.29, 1.82) is 0 Å². The summed E-state index contributed by atoms with van der Waals surface area (Å²) in [5, 5.41) is 0. The molecule has 1 aromatic rings. The third kappa shape index (κ3) is 0.521. The van der Waals surface area contributed by atoms with Gasteiger partial charge < -0.3 is 5.73 Å². The molecule has 0 aromatic heterocycles. The molecule has 1 nitrogen and oxygen atoms in total. The van der Waals surface area contributed by atoms with Crippen LogP contribution in [-0.2, 0) is 25.7 Å². The zero-order valence-corrected chi connectivity index (χ0v) is 6.78. The lowest BCUT2D eigenvalue weighted by atomic mass is 9.76. The molecule has 0 atom stereocenters. The molecule has 0 radical (unpaired) electrons. The van der Waals surface area contributed by atoms with Crippen molar-refractivity contribution < 1.29 is 4.39 Å². The minimum Gasteiger partial charge on any atom is -0.398 e. The van der Waals surface area contributed by atoms with Crippen LogP contribution in [0.3, 0.4) is 0 Å². The Kier molecular flexibility index (Phi) is 0.978. The molecule has 0 amide bonds. The highest BCUT2D eigenvalue weighted by Crippen LogP contribution is 2.41. The number of nitrogen functional groups attached to an aromatic ring is 1. The predicted molar refractivity (Wildman–Crippen MR) is 45.6 cm³/mol. The highest BCUT2D eigenvalue weighted by atomic mass is 19.1. The second-order valence-corrected chi connectivity index (χ2v) is 3.64. The summed E-state index contributed by atoms with van der Waals surface area (Å²) in [7, 11) is 0. The van der Waals surface area contributed by atoms with Crippen molar-refractivity contribution in [2.45, 2.75) is 25.7 Å². The van der Waals surface area contributed by atoms with Crippen molar-refractivity contribution in [1.82, 2.24) is 0 Å². The molecule has 2 N–H and O–H groups in total. The van der Waals surface area contributed by atoms with Gasteiger partial charge in [0.05, 0.1) is 0 Å². The van der Waals surface area contributed by atoms with E-state index in [0.717, 1.165) is 53.6 Å². The third-order valence-corrected chi connectivity index (χ3v) is 3.16. The van der Waals surface area contributed by atoms with Crippen LogP contribution < -0.4 is 5.73 Å². The number of nitrogens with two attached hydrogens (primary N) is 1. The van der Waals surface area contributed by atoms with E-state index in [1.165, 1.54) is 0 Å². The second-order valence-electron chi connectivity index (χ2n) is 3.64. The summed E-state index contributed by atoms with van der Waals surface area (Å²) >= 11 is 0. The standard InChI is InChI=1S/C10H10FN/c11-9-5-1-3-7(5)10(12)8-4-2-6(8)9/h1-4,12H2. The quantitative estimate of drug-likeness (QED) is 0.578. The molecule has 2 heteroatoms. The van der Waals surface area contributed by atoms with Crippen LogP contribution in [0.4, 0.5) is 10.1 Å². The Morgan fingerprint density at radius 3 is 1.58 bits per heavy atom. The fourth-order valence-electron chi connectivity index (χ4n) is 2.19. The zero-order valence-electron chi connectivity index (χ0n) is 6.78. The van der Waals surface area contributed by atoms with Crippen molar-refractivity contribution >= 4 is 5.69 Å². The minimum atomic E-state index is 0.0479. The van der Waals surface area contributed by atoms with Crippen LogP contribution in [0.1, 0.15) is 22.3 Å². The Morgan fingerprint density at radius 1 is 0.833 bits per heavy atom. The lowest BCUT2D eigenvalue weighted by molar-refractivity contribution is 0.554. The van der Waals surface area contributed by atoms with Gasteiger partial charge in [-0.3, -0.25) is 0 Å². The molecule has 0 saturated carbocycles. The van der Waals surface area contributed by atoms with Crippen LogP contribution in [0.25, 0.3) is 0 Å². The van der Waals surface area contributed by atoms with E-state index in [9.17, 15) is 4.39 Å². The number of rotatable bonds is 0. The van der Waals surface area contributed by atoms with Crippen molar-refractivity contribution in [2.75, 3.05) is 5.73 Å². The molecular weight excluding hydrogens is 153 g/mol. The molecular formula is C10H10FN. The Balaban J connectivity index is 2.39. The van der Waals surface area contributed by atoms with E-state index in [2.05, 4.69) is 0 Å². The lowest BCUT2D eigenvalue weighted by Gasteiger charge is -2.31. The number of fused-ring (bicyclic) bond motifs is 2. The molecule has 12 heavy (non-hydrogen) atoms. The SMILES string of the molecule is Nc1c2c(c(F)c3c1CC3)CC2. The van der Waals surface area contributed by atoms with Gasteiger partial charge in [-0.15, -0.1) is 0 Å². The van der Waals surface area contributed by atoms with Gasteiger partial charge in [0.1, 0.15) is 5.82 Å². The van der Waals surface area contributed by atoms with E-state index in [1.807, 2.05) is 0 Å². The summed E-state index contributed by atoms with van der Waals surface area (Å²) in [6, 6.07) is 0. The summed E-state index contributed by atoms with van der Waals surface area (Å²) in [5.41, 5.74) is 10.7. The average molecular weight is 163 g/mol. The van der Waals surface area contributed by atoms with Gasteiger partial charge in [-0.05, 0) is 47.9 Å². The molecule has 0 fully saturated rings. The summed E-state index contributed by atoms with van der Waals surface area (Å²) in [6.45, 7) is 0. The first-order valence-electron chi connectivity index (χ1n) is 4.39. The first-order chi connectivity index (χ1) is 5.79. The van der Waals surface area contributed by atoms with Crippen LogP contribution >= 0.6 is 0 Å². The van der Waals surface area contributed by atoms with E-state index in [4.69, 9.17) is 5.73 Å². The van der Waals surface area contributed by atoms with E-state index in [0.29, 0.717) is 0 Å². The summed E-state index contributed by atoms with van der Waals surface area (Å²) in [5.74, 6) is 0.0479. The molecule has 2 aliphatic carbocycles. The predicted octanol–water partition coefficient (Wildman–Crippen LogP) is 1.61. The maximum absolute atomic E-state index is 13.5. The second kappa shape index (κ2) is 1.82. The van der Waals surface area contributed by atoms with Crippen LogP contribution in [-0.4, -0.2) is 0 Å². The molecule has 0 heterocycles. The summed E-state index contributed by atoms with van der Waals surface area (Å²) in [4.78, 5) is 0. The topological polar surface area (TPSA) is 26.0 Å². The molecule has 62 valence electrons. The van der Waals surface area contributed by atoms with Gasteiger partial charge in [-0.2, -0.15) is 0 Å². The fraction of sp³-hybridized carbons (Fsp3) is 0.400. The maximum atomic E-state index is 13.5. The number of hydrogen-bond donors (Lipinski definition) is 1. The molecule has 0 bridgehead atoms. The van der Waals surface area contributed by atoms with Crippen LogP contribution in [0, 0.1) is 5.82 Å². The van der Waals surface area contributed by atoms with Gasteiger partial charge in [0.25, 0.3) is 0 Å². The first-order valence-corrected chi connectivity index (χ1v) is 4.39. The Bertz CT molecular complexity index is 285. The fourth-order valence-corrected chi connectivity index (χ4v) is 2.19. The Labute approximate surface area is 70.4 Å². The van der Waals surface area contributed by atoms with Crippen LogP contribution in [0.15, 0.2) is 0 Å². The molecule has 0 spiro atoms. The average Bonchev–Trinajstić information content (AvgIpc) is 1.78. The number of anilines is 1. The maximum Gasteiger partial charge on any atom is 0.130 e.